The van der Waals surface area contributed by atoms with Gasteiger partial charge in [0.05, 0.1) is 11.2 Å². The van der Waals surface area contributed by atoms with Gasteiger partial charge < -0.3 is 9.52 Å². The molecule has 0 aliphatic rings. The Kier molecular flexibility index (Phi) is 2.27. The van der Waals surface area contributed by atoms with Gasteiger partial charge in [0.15, 0.2) is 5.58 Å². The number of nitrogens with zero attached hydrogens (tertiary/aromatic N) is 1. The number of para-hydroxylation sites is 1. The first-order chi connectivity index (χ1) is 8.24. The summed E-state index contributed by atoms with van der Waals surface area (Å²) in [5, 5.41) is 10.9. The summed E-state index contributed by atoms with van der Waals surface area (Å²) in [5.74, 6) is 0.741. The number of furan rings is 1. The fourth-order valence-electron chi connectivity index (χ4n) is 1.73. The maximum atomic E-state index is 9.37. The van der Waals surface area contributed by atoms with Crippen molar-refractivity contribution < 1.29 is 9.52 Å². The quantitative estimate of drug-likeness (QED) is 0.708. The lowest BCUT2D eigenvalue weighted by molar-refractivity contribution is 0.472. The van der Waals surface area contributed by atoms with Crippen molar-refractivity contribution in [2.24, 2.45) is 0 Å². The first-order valence-corrected chi connectivity index (χ1v) is 5.44. The van der Waals surface area contributed by atoms with Gasteiger partial charge in [-0.2, -0.15) is 0 Å². The van der Waals surface area contributed by atoms with E-state index < -0.39 is 0 Å². The minimum absolute atomic E-state index is 0.106. The van der Waals surface area contributed by atoms with Crippen LogP contribution in [0.25, 0.3) is 22.3 Å². The molecule has 0 fully saturated rings. The van der Waals surface area contributed by atoms with Crippen molar-refractivity contribution in [3.05, 3.63) is 47.7 Å². The smallest absolute Gasteiger partial charge is 0.153 e. The normalized spacial score (nSPS) is 10.9. The van der Waals surface area contributed by atoms with E-state index in [2.05, 4.69) is 4.98 Å². The molecule has 4 heteroatoms. The fourth-order valence-corrected chi connectivity index (χ4v) is 1.95. The summed E-state index contributed by atoms with van der Waals surface area (Å²) in [6, 6.07) is 9.03. The van der Waals surface area contributed by atoms with Crippen molar-refractivity contribution in [1.29, 1.82) is 0 Å². The third-order valence-corrected chi connectivity index (χ3v) is 2.80. The summed E-state index contributed by atoms with van der Waals surface area (Å²) in [7, 11) is 0. The Morgan fingerprint density at radius 1 is 1.18 bits per heavy atom. The van der Waals surface area contributed by atoms with Crippen LogP contribution in [0.15, 0.2) is 47.1 Å². The molecule has 0 aliphatic carbocycles. The number of aromatic hydroxyl groups is 1. The van der Waals surface area contributed by atoms with Crippen LogP contribution in [0.3, 0.4) is 0 Å². The van der Waals surface area contributed by atoms with Crippen molar-refractivity contribution in [3.8, 4) is 17.1 Å². The molecule has 3 aromatic rings. The minimum Gasteiger partial charge on any atom is -0.506 e. The maximum Gasteiger partial charge on any atom is 0.153 e. The highest BCUT2D eigenvalue weighted by Gasteiger charge is 2.09. The molecule has 0 atom stereocenters. The standard InChI is InChI=1S/C13H8ClNO2/c14-11-3-1-2-8-5-12(17-13(8)11)9-4-10(16)7-15-6-9/h1-7,16H. The second-order valence-corrected chi connectivity index (χ2v) is 4.11. The van der Waals surface area contributed by atoms with Crippen LogP contribution in [-0.2, 0) is 0 Å². The number of benzene rings is 1. The number of halogens is 1. The molecule has 0 aliphatic heterocycles. The average Bonchev–Trinajstić information content (AvgIpc) is 2.74. The Labute approximate surface area is 102 Å². The van der Waals surface area contributed by atoms with E-state index >= 15 is 0 Å². The molecule has 2 heterocycles. The van der Waals surface area contributed by atoms with Gasteiger partial charge in [0.25, 0.3) is 0 Å². The van der Waals surface area contributed by atoms with Crippen molar-refractivity contribution >= 4 is 22.6 Å². The molecular formula is C13H8ClNO2. The van der Waals surface area contributed by atoms with Crippen LogP contribution in [0.4, 0.5) is 0 Å². The number of aromatic nitrogens is 1. The molecule has 0 saturated carbocycles. The molecule has 0 amide bonds. The van der Waals surface area contributed by atoms with Gasteiger partial charge in [-0.05, 0) is 18.2 Å². The van der Waals surface area contributed by atoms with Gasteiger partial charge in [-0.25, -0.2) is 0 Å². The summed E-state index contributed by atoms with van der Waals surface area (Å²) in [4.78, 5) is 3.91. The summed E-state index contributed by atoms with van der Waals surface area (Å²) >= 11 is 6.03. The van der Waals surface area contributed by atoms with Crippen LogP contribution in [0.5, 0.6) is 5.75 Å². The van der Waals surface area contributed by atoms with Gasteiger partial charge in [-0.3, -0.25) is 4.98 Å². The van der Waals surface area contributed by atoms with Gasteiger partial charge in [-0.1, -0.05) is 23.7 Å². The van der Waals surface area contributed by atoms with E-state index in [1.807, 2.05) is 18.2 Å². The Hall–Kier alpha value is -2.00. The van der Waals surface area contributed by atoms with Crippen LogP contribution >= 0.6 is 11.6 Å². The molecule has 1 aromatic carbocycles. The van der Waals surface area contributed by atoms with E-state index in [9.17, 15) is 5.11 Å². The van der Waals surface area contributed by atoms with Crippen LogP contribution in [-0.4, -0.2) is 10.1 Å². The van der Waals surface area contributed by atoms with Crippen LogP contribution < -0.4 is 0 Å². The summed E-state index contributed by atoms with van der Waals surface area (Å²) in [6.07, 6.45) is 3.00. The van der Waals surface area contributed by atoms with Crippen molar-refractivity contribution in [3.63, 3.8) is 0 Å². The SMILES string of the molecule is Oc1cncc(-c2cc3cccc(Cl)c3o2)c1. The van der Waals surface area contributed by atoms with Crippen molar-refractivity contribution in [2.75, 3.05) is 0 Å². The lowest BCUT2D eigenvalue weighted by Crippen LogP contribution is -1.76. The van der Waals surface area contributed by atoms with Crippen LogP contribution in [0, 0.1) is 0 Å². The number of fused-ring (bicyclic) bond motifs is 1. The van der Waals surface area contributed by atoms with E-state index in [-0.39, 0.29) is 5.75 Å². The van der Waals surface area contributed by atoms with Gasteiger partial charge in [0.2, 0.25) is 0 Å². The Morgan fingerprint density at radius 2 is 2.06 bits per heavy atom. The lowest BCUT2D eigenvalue weighted by Gasteiger charge is -1.96. The molecule has 0 unspecified atom stereocenters. The Balaban J connectivity index is 2.22. The largest absolute Gasteiger partial charge is 0.506 e. The molecule has 0 saturated heterocycles. The molecule has 0 spiro atoms. The van der Waals surface area contributed by atoms with E-state index in [4.69, 9.17) is 16.0 Å². The third kappa shape index (κ3) is 1.74. The number of pyridine rings is 1. The molecule has 3 rings (SSSR count). The maximum absolute atomic E-state index is 9.37. The summed E-state index contributed by atoms with van der Waals surface area (Å²) in [5.41, 5.74) is 1.37. The third-order valence-electron chi connectivity index (χ3n) is 2.50. The number of rotatable bonds is 1. The zero-order chi connectivity index (χ0) is 11.8. The zero-order valence-corrected chi connectivity index (χ0v) is 9.48. The molecule has 17 heavy (non-hydrogen) atoms. The monoisotopic (exact) mass is 245 g/mol. The van der Waals surface area contributed by atoms with E-state index in [1.165, 1.54) is 6.20 Å². The summed E-state index contributed by atoms with van der Waals surface area (Å²) < 4.78 is 5.66. The van der Waals surface area contributed by atoms with E-state index in [1.54, 1.807) is 18.3 Å². The first-order valence-electron chi connectivity index (χ1n) is 5.06. The van der Waals surface area contributed by atoms with Crippen LogP contribution in [0.2, 0.25) is 5.02 Å². The fraction of sp³-hybridized carbons (Fsp3) is 0. The van der Waals surface area contributed by atoms with Crippen molar-refractivity contribution in [1.82, 2.24) is 4.98 Å². The number of hydrogen-bond acceptors (Lipinski definition) is 3. The lowest BCUT2D eigenvalue weighted by atomic mass is 10.2. The zero-order valence-electron chi connectivity index (χ0n) is 8.72. The highest BCUT2D eigenvalue weighted by Crippen LogP contribution is 2.32. The van der Waals surface area contributed by atoms with E-state index in [0.717, 1.165) is 10.9 Å². The second kappa shape index (κ2) is 3.79. The molecule has 2 aromatic heterocycles. The highest BCUT2D eigenvalue weighted by atomic mass is 35.5. The van der Waals surface area contributed by atoms with Crippen molar-refractivity contribution in [2.45, 2.75) is 0 Å². The number of hydrogen-bond donors (Lipinski definition) is 1. The predicted molar refractivity (Wildman–Crippen MR) is 66.1 cm³/mol. The predicted octanol–water partition coefficient (Wildman–Crippen LogP) is 3.85. The Bertz CT molecular complexity index is 691. The summed E-state index contributed by atoms with van der Waals surface area (Å²) in [6.45, 7) is 0. The second-order valence-electron chi connectivity index (χ2n) is 3.70. The molecular weight excluding hydrogens is 238 g/mol. The average molecular weight is 246 g/mol. The molecule has 3 nitrogen and oxygen atoms in total. The Morgan fingerprint density at radius 3 is 2.82 bits per heavy atom. The highest BCUT2D eigenvalue weighted by molar-refractivity contribution is 6.34. The van der Waals surface area contributed by atoms with Gasteiger partial charge in [-0.15, -0.1) is 0 Å². The first kappa shape index (κ1) is 10.2. The molecule has 84 valence electrons. The molecule has 1 N–H and O–H groups in total. The van der Waals surface area contributed by atoms with Crippen LogP contribution in [0.1, 0.15) is 0 Å². The van der Waals surface area contributed by atoms with Gasteiger partial charge in [0, 0.05) is 17.1 Å². The van der Waals surface area contributed by atoms with Gasteiger partial charge in [0.1, 0.15) is 11.5 Å². The molecule has 0 radical (unpaired) electrons. The molecule has 0 bridgehead atoms. The minimum atomic E-state index is 0.106. The topological polar surface area (TPSA) is 46.3 Å². The van der Waals surface area contributed by atoms with E-state index in [0.29, 0.717) is 16.4 Å². The van der Waals surface area contributed by atoms with Gasteiger partial charge >= 0.3 is 0 Å².